The summed E-state index contributed by atoms with van der Waals surface area (Å²) in [5.74, 6) is -0.938. The molecule has 1 unspecified atom stereocenters. The number of anilines is 1. The van der Waals surface area contributed by atoms with E-state index in [1.54, 1.807) is 70.3 Å². The van der Waals surface area contributed by atoms with Crippen LogP contribution >= 0.6 is 0 Å². The SMILES string of the molecule is Cn1c(=O)oc2ccc(NC(=O)C(NC(=O)OC(C)(C)C)c3ccccc3)cc21. The molecule has 0 aliphatic carbocycles. The van der Waals surface area contributed by atoms with Gasteiger partial charge in [-0.25, -0.2) is 9.59 Å². The number of fused-ring (bicyclic) bond motifs is 1. The molecule has 0 radical (unpaired) electrons. The van der Waals surface area contributed by atoms with Crippen molar-refractivity contribution in [3.63, 3.8) is 0 Å². The minimum atomic E-state index is -0.963. The molecule has 3 aromatic rings. The summed E-state index contributed by atoms with van der Waals surface area (Å²) >= 11 is 0. The maximum atomic E-state index is 13.0. The zero-order valence-electron chi connectivity index (χ0n) is 16.7. The van der Waals surface area contributed by atoms with Crippen LogP contribution in [0.4, 0.5) is 10.5 Å². The molecule has 2 amide bonds. The summed E-state index contributed by atoms with van der Waals surface area (Å²) in [5, 5.41) is 5.39. The van der Waals surface area contributed by atoms with Crippen molar-refractivity contribution in [3.05, 3.63) is 64.6 Å². The van der Waals surface area contributed by atoms with Gasteiger partial charge in [0.25, 0.3) is 5.91 Å². The maximum Gasteiger partial charge on any atom is 0.419 e. The van der Waals surface area contributed by atoms with Gasteiger partial charge in [-0.05, 0) is 44.5 Å². The monoisotopic (exact) mass is 397 g/mol. The number of hydrogen-bond donors (Lipinski definition) is 2. The zero-order valence-corrected chi connectivity index (χ0v) is 16.7. The first-order valence-electron chi connectivity index (χ1n) is 9.09. The largest absolute Gasteiger partial charge is 0.444 e. The fourth-order valence-corrected chi connectivity index (χ4v) is 2.79. The number of oxazole rings is 1. The van der Waals surface area contributed by atoms with E-state index in [4.69, 9.17) is 9.15 Å². The number of rotatable bonds is 4. The van der Waals surface area contributed by atoms with Gasteiger partial charge in [0.05, 0.1) is 5.52 Å². The highest BCUT2D eigenvalue weighted by Gasteiger charge is 2.26. The van der Waals surface area contributed by atoms with E-state index in [2.05, 4.69) is 10.6 Å². The van der Waals surface area contributed by atoms with Crippen molar-refractivity contribution in [2.45, 2.75) is 32.4 Å². The Morgan fingerprint density at radius 2 is 1.79 bits per heavy atom. The fraction of sp³-hybridized carbons (Fsp3) is 0.286. The average Bonchev–Trinajstić information content (AvgIpc) is 2.93. The Hall–Kier alpha value is -3.55. The molecule has 8 heteroatoms. The summed E-state index contributed by atoms with van der Waals surface area (Å²) in [5.41, 5.74) is 1.34. The van der Waals surface area contributed by atoms with E-state index in [9.17, 15) is 14.4 Å². The molecular weight excluding hydrogens is 374 g/mol. The van der Waals surface area contributed by atoms with Crippen LogP contribution in [0.3, 0.4) is 0 Å². The molecule has 0 saturated heterocycles. The smallest absolute Gasteiger partial charge is 0.419 e. The molecule has 152 valence electrons. The Bertz CT molecular complexity index is 1090. The van der Waals surface area contributed by atoms with Crippen LogP contribution in [0.25, 0.3) is 11.1 Å². The number of aromatic nitrogens is 1. The minimum absolute atomic E-state index is 0.419. The zero-order chi connectivity index (χ0) is 21.2. The van der Waals surface area contributed by atoms with Crippen LogP contribution in [0.15, 0.2) is 57.7 Å². The topological polar surface area (TPSA) is 103 Å². The second kappa shape index (κ2) is 7.83. The van der Waals surface area contributed by atoms with Crippen molar-refractivity contribution < 1.29 is 18.7 Å². The van der Waals surface area contributed by atoms with Crippen molar-refractivity contribution in [2.75, 3.05) is 5.32 Å². The number of hydrogen-bond acceptors (Lipinski definition) is 5. The molecule has 29 heavy (non-hydrogen) atoms. The lowest BCUT2D eigenvalue weighted by atomic mass is 10.1. The van der Waals surface area contributed by atoms with Gasteiger partial charge in [-0.3, -0.25) is 9.36 Å². The fourth-order valence-electron chi connectivity index (χ4n) is 2.79. The maximum absolute atomic E-state index is 13.0. The van der Waals surface area contributed by atoms with Gasteiger partial charge in [0, 0.05) is 12.7 Å². The molecule has 8 nitrogen and oxygen atoms in total. The summed E-state index contributed by atoms with van der Waals surface area (Å²) in [7, 11) is 1.58. The first kappa shape index (κ1) is 20.2. The molecule has 3 rings (SSSR count). The Labute approximate surface area is 167 Å². The van der Waals surface area contributed by atoms with E-state index in [1.807, 2.05) is 6.07 Å². The summed E-state index contributed by atoms with van der Waals surface area (Å²) in [4.78, 5) is 36.9. The number of amides is 2. The van der Waals surface area contributed by atoms with E-state index in [0.717, 1.165) is 0 Å². The molecule has 2 N–H and O–H groups in total. The van der Waals surface area contributed by atoms with Crippen LogP contribution in [-0.2, 0) is 16.6 Å². The van der Waals surface area contributed by atoms with Crippen molar-refractivity contribution in [1.29, 1.82) is 0 Å². The highest BCUT2D eigenvalue weighted by molar-refractivity contribution is 5.98. The van der Waals surface area contributed by atoms with Crippen LogP contribution < -0.4 is 16.4 Å². The van der Waals surface area contributed by atoms with Crippen molar-refractivity contribution in [3.8, 4) is 0 Å². The van der Waals surface area contributed by atoms with Crippen LogP contribution in [0.1, 0.15) is 32.4 Å². The highest BCUT2D eigenvalue weighted by atomic mass is 16.6. The van der Waals surface area contributed by atoms with E-state index in [0.29, 0.717) is 22.4 Å². The lowest BCUT2D eigenvalue weighted by Gasteiger charge is -2.23. The molecule has 0 fully saturated rings. The molecular formula is C21H23N3O5. The Kier molecular flexibility index (Phi) is 5.45. The molecule has 1 aromatic heterocycles. The minimum Gasteiger partial charge on any atom is -0.444 e. The highest BCUT2D eigenvalue weighted by Crippen LogP contribution is 2.21. The standard InChI is InChI=1S/C21H23N3O5/c1-21(2,3)29-19(26)23-17(13-8-6-5-7-9-13)18(25)22-14-10-11-16-15(12-14)24(4)20(27)28-16/h5-12,17H,1-4H3,(H,22,25)(H,23,26). The molecule has 0 aliphatic rings. The number of ether oxygens (including phenoxy) is 1. The summed E-state index contributed by atoms with van der Waals surface area (Å²) in [6, 6.07) is 12.8. The van der Waals surface area contributed by atoms with Crippen molar-refractivity contribution in [2.24, 2.45) is 7.05 Å². The van der Waals surface area contributed by atoms with Gasteiger partial charge in [0.1, 0.15) is 11.6 Å². The van der Waals surface area contributed by atoms with Gasteiger partial charge in [-0.1, -0.05) is 30.3 Å². The predicted octanol–water partition coefficient (Wildman–Crippen LogP) is 3.34. The number of nitrogens with zero attached hydrogens (tertiary/aromatic N) is 1. The molecule has 1 atom stereocenters. The van der Waals surface area contributed by atoms with Gasteiger partial charge in [0.15, 0.2) is 5.58 Å². The first-order valence-corrected chi connectivity index (χ1v) is 9.09. The van der Waals surface area contributed by atoms with Gasteiger partial charge >= 0.3 is 11.8 Å². The summed E-state index contributed by atoms with van der Waals surface area (Å²) < 4.78 is 11.7. The summed E-state index contributed by atoms with van der Waals surface area (Å²) in [6.45, 7) is 5.23. The molecule has 0 aliphatic heterocycles. The van der Waals surface area contributed by atoms with E-state index in [1.165, 1.54) is 4.57 Å². The van der Waals surface area contributed by atoms with Crippen LogP contribution in [0.5, 0.6) is 0 Å². The number of carbonyl (C=O) groups is 2. The number of nitrogens with one attached hydrogen (secondary N) is 2. The molecule has 0 spiro atoms. The number of benzene rings is 2. The molecule has 0 saturated carbocycles. The first-order chi connectivity index (χ1) is 13.6. The van der Waals surface area contributed by atoms with Gasteiger partial charge in [0.2, 0.25) is 0 Å². The van der Waals surface area contributed by atoms with Crippen LogP contribution in [0.2, 0.25) is 0 Å². The van der Waals surface area contributed by atoms with Crippen LogP contribution in [0, 0.1) is 0 Å². The molecule has 0 bridgehead atoms. The Morgan fingerprint density at radius 3 is 2.45 bits per heavy atom. The number of carbonyl (C=O) groups excluding carboxylic acids is 2. The van der Waals surface area contributed by atoms with Crippen molar-refractivity contribution >= 4 is 28.8 Å². The Morgan fingerprint density at radius 1 is 1.10 bits per heavy atom. The second-order valence-corrected chi connectivity index (χ2v) is 7.59. The average molecular weight is 397 g/mol. The lowest BCUT2D eigenvalue weighted by Crippen LogP contribution is -2.40. The van der Waals surface area contributed by atoms with Gasteiger partial charge in [-0.2, -0.15) is 0 Å². The second-order valence-electron chi connectivity index (χ2n) is 7.59. The third-order valence-corrected chi connectivity index (χ3v) is 4.12. The Balaban J connectivity index is 1.85. The van der Waals surface area contributed by atoms with E-state index >= 15 is 0 Å². The number of aryl methyl sites for hydroxylation is 1. The number of alkyl carbamates (subject to hydrolysis) is 1. The van der Waals surface area contributed by atoms with Gasteiger partial charge < -0.3 is 19.8 Å². The van der Waals surface area contributed by atoms with Crippen LogP contribution in [-0.4, -0.2) is 22.2 Å². The van der Waals surface area contributed by atoms with Crippen molar-refractivity contribution in [1.82, 2.24) is 9.88 Å². The predicted molar refractivity (Wildman–Crippen MR) is 109 cm³/mol. The molecule has 1 heterocycles. The third kappa shape index (κ3) is 4.84. The summed E-state index contributed by atoms with van der Waals surface area (Å²) in [6.07, 6.45) is -0.700. The quantitative estimate of drug-likeness (QED) is 0.703. The van der Waals surface area contributed by atoms with Gasteiger partial charge in [-0.15, -0.1) is 0 Å². The lowest BCUT2D eigenvalue weighted by molar-refractivity contribution is -0.118. The van der Waals surface area contributed by atoms with E-state index in [-0.39, 0.29) is 0 Å². The third-order valence-electron chi connectivity index (χ3n) is 4.12. The van der Waals surface area contributed by atoms with E-state index < -0.39 is 29.4 Å². The normalized spacial score (nSPS) is 12.4. The molecule has 2 aromatic carbocycles.